The van der Waals surface area contributed by atoms with E-state index in [0.29, 0.717) is 17.8 Å². The van der Waals surface area contributed by atoms with Crippen molar-refractivity contribution in [2.24, 2.45) is 0 Å². The van der Waals surface area contributed by atoms with Crippen molar-refractivity contribution in [3.05, 3.63) is 35.7 Å². The highest BCUT2D eigenvalue weighted by Gasteiger charge is 2.29. The second-order valence-corrected chi connectivity index (χ2v) is 6.17. The Morgan fingerprint density at radius 1 is 1.45 bits per heavy atom. The SMILES string of the molecule is CC1CN(c2ccc(C3=CCSCC3)c(F)c2)C(=O)O1. The van der Waals surface area contributed by atoms with E-state index in [1.165, 1.54) is 11.0 Å². The summed E-state index contributed by atoms with van der Waals surface area (Å²) in [6.07, 6.45) is 2.42. The van der Waals surface area contributed by atoms with Gasteiger partial charge >= 0.3 is 6.09 Å². The van der Waals surface area contributed by atoms with Gasteiger partial charge in [-0.05, 0) is 42.9 Å². The monoisotopic (exact) mass is 293 g/mol. The van der Waals surface area contributed by atoms with E-state index in [1.54, 1.807) is 12.1 Å². The summed E-state index contributed by atoms with van der Waals surface area (Å²) in [5.74, 6) is 1.70. The topological polar surface area (TPSA) is 29.5 Å². The van der Waals surface area contributed by atoms with Crippen molar-refractivity contribution in [2.45, 2.75) is 19.4 Å². The highest BCUT2D eigenvalue weighted by Crippen LogP contribution is 2.31. The zero-order valence-electron chi connectivity index (χ0n) is 11.3. The van der Waals surface area contributed by atoms with Crippen molar-refractivity contribution < 1.29 is 13.9 Å². The van der Waals surface area contributed by atoms with E-state index in [4.69, 9.17) is 4.74 Å². The zero-order valence-corrected chi connectivity index (χ0v) is 12.1. The molecule has 1 saturated heterocycles. The highest BCUT2D eigenvalue weighted by atomic mass is 32.2. The van der Waals surface area contributed by atoms with E-state index in [-0.39, 0.29) is 11.9 Å². The number of thioether (sulfide) groups is 1. The smallest absolute Gasteiger partial charge is 0.414 e. The fourth-order valence-electron chi connectivity index (χ4n) is 2.52. The first-order chi connectivity index (χ1) is 9.65. The molecular formula is C15H16FNO2S. The lowest BCUT2D eigenvalue weighted by Crippen LogP contribution is -2.24. The van der Waals surface area contributed by atoms with Crippen LogP contribution in [-0.2, 0) is 4.74 Å². The Hall–Kier alpha value is -1.49. The van der Waals surface area contributed by atoms with Crippen LogP contribution in [0.1, 0.15) is 18.9 Å². The van der Waals surface area contributed by atoms with Gasteiger partial charge in [0.25, 0.3) is 0 Å². The van der Waals surface area contributed by atoms with E-state index in [0.717, 1.165) is 23.5 Å². The fraction of sp³-hybridized carbons (Fsp3) is 0.400. The van der Waals surface area contributed by atoms with Gasteiger partial charge in [-0.25, -0.2) is 9.18 Å². The number of benzene rings is 1. The fourth-order valence-corrected chi connectivity index (χ4v) is 3.37. The number of cyclic esters (lactones) is 1. The average Bonchev–Trinajstić information content (AvgIpc) is 2.78. The Morgan fingerprint density at radius 3 is 2.90 bits per heavy atom. The van der Waals surface area contributed by atoms with E-state index in [2.05, 4.69) is 6.08 Å². The summed E-state index contributed by atoms with van der Waals surface area (Å²) in [4.78, 5) is 13.1. The Balaban J connectivity index is 1.88. The third-order valence-corrected chi connectivity index (χ3v) is 4.43. The van der Waals surface area contributed by atoms with Crippen LogP contribution in [0.15, 0.2) is 24.3 Å². The quantitative estimate of drug-likeness (QED) is 0.833. The molecule has 0 spiro atoms. The summed E-state index contributed by atoms with van der Waals surface area (Å²) in [5.41, 5.74) is 2.27. The molecule has 0 radical (unpaired) electrons. The molecule has 0 N–H and O–H groups in total. The highest BCUT2D eigenvalue weighted by molar-refractivity contribution is 7.99. The van der Waals surface area contributed by atoms with Crippen molar-refractivity contribution in [1.82, 2.24) is 0 Å². The maximum atomic E-state index is 14.3. The summed E-state index contributed by atoms with van der Waals surface area (Å²) >= 11 is 1.85. The molecule has 3 nitrogen and oxygen atoms in total. The minimum Gasteiger partial charge on any atom is -0.444 e. The van der Waals surface area contributed by atoms with Crippen LogP contribution in [0.2, 0.25) is 0 Å². The number of carbonyl (C=O) groups is 1. The van der Waals surface area contributed by atoms with Gasteiger partial charge in [-0.3, -0.25) is 4.90 Å². The molecule has 1 aromatic carbocycles. The number of hydrogen-bond acceptors (Lipinski definition) is 3. The van der Waals surface area contributed by atoms with Crippen LogP contribution in [0.5, 0.6) is 0 Å². The first kappa shape index (κ1) is 13.5. The Labute approximate surface area is 121 Å². The normalized spacial score (nSPS) is 22.7. The number of carbonyl (C=O) groups excluding carboxylic acids is 1. The second-order valence-electron chi connectivity index (χ2n) is 5.02. The van der Waals surface area contributed by atoms with Crippen molar-refractivity contribution in [3.63, 3.8) is 0 Å². The number of allylic oxidation sites excluding steroid dienone is 1. The third kappa shape index (κ3) is 2.54. The van der Waals surface area contributed by atoms with Crippen LogP contribution >= 0.6 is 11.8 Å². The molecule has 1 fully saturated rings. The number of rotatable bonds is 2. The molecule has 20 heavy (non-hydrogen) atoms. The predicted octanol–water partition coefficient (Wildman–Crippen LogP) is 3.69. The number of amides is 1. The van der Waals surface area contributed by atoms with Gasteiger partial charge in [0.1, 0.15) is 11.9 Å². The van der Waals surface area contributed by atoms with Gasteiger partial charge in [-0.15, -0.1) is 0 Å². The number of halogens is 1. The largest absolute Gasteiger partial charge is 0.444 e. The third-order valence-electron chi connectivity index (χ3n) is 3.54. The van der Waals surface area contributed by atoms with Crippen molar-refractivity contribution in [3.8, 4) is 0 Å². The molecule has 1 amide bonds. The lowest BCUT2D eigenvalue weighted by molar-refractivity contribution is 0.150. The molecule has 2 heterocycles. The molecule has 0 aliphatic carbocycles. The van der Waals surface area contributed by atoms with Gasteiger partial charge in [0.15, 0.2) is 0 Å². The summed E-state index contributed by atoms with van der Waals surface area (Å²) in [6.45, 7) is 2.30. The van der Waals surface area contributed by atoms with Crippen molar-refractivity contribution >= 4 is 29.1 Å². The molecule has 5 heteroatoms. The molecule has 106 valence electrons. The summed E-state index contributed by atoms with van der Waals surface area (Å²) in [7, 11) is 0. The molecule has 1 aromatic rings. The molecule has 1 atom stereocenters. The van der Waals surface area contributed by atoms with E-state index >= 15 is 0 Å². The molecule has 0 aromatic heterocycles. The standard InChI is InChI=1S/C15H16FNO2S/c1-10-9-17(15(18)19-10)12-2-3-13(14(16)8-12)11-4-6-20-7-5-11/h2-4,8,10H,5-7,9H2,1H3. The second kappa shape index (κ2) is 5.48. The van der Waals surface area contributed by atoms with Gasteiger partial charge in [0, 0.05) is 11.3 Å². The Kier molecular flexibility index (Phi) is 3.70. The Bertz CT molecular complexity index is 573. The molecule has 0 saturated carbocycles. The molecule has 2 aliphatic rings. The van der Waals surface area contributed by atoms with Crippen LogP contribution in [0.4, 0.5) is 14.9 Å². The Morgan fingerprint density at radius 2 is 2.30 bits per heavy atom. The number of hydrogen-bond donors (Lipinski definition) is 0. The van der Waals surface area contributed by atoms with Crippen LogP contribution < -0.4 is 4.90 Å². The summed E-state index contributed by atoms with van der Waals surface area (Å²) in [5, 5.41) is 0. The molecule has 3 rings (SSSR count). The van der Waals surface area contributed by atoms with Crippen LogP contribution in [0.3, 0.4) is 0 Å². The first-order valence-electron chi connectivity index (χ1n) is 6.70. The van der Waals surface area contributed by atoms with Gasteiger partial charge < -0.3 is 4.74 Å². The van der Waals surface area contributed by atoms with E-state index in [1.807, 2.05) is 18.7 Å². The van der Waals surface area contributed by atoms with E-state index < -0.39 is 6.09 Å². The molecule has 0 bridgehead atoms. The van der Waals surface area contributed by atoms with Crippen LogP contribution in [0, 0.1) is 5.82 Å². The van der Waals surface area contributed by atoms with Crippen LogP contribution in [0.25, 0.3) is 5.57 Å². The maximum Gasteiger partial charge on any atom is 0.414 e. The van der Waals surface area contributed by atoms with Gasteiger partial charge in [-0.2, -0.15) is 11.8 Å². The lowest BCUT2D eigenvalue weighted by Gasteiger charge is -2.17. The minimum atomic E-state index is -0.405. The lowest BCUT2D eigenvalue weighted by atomic mass is 10.0. The van der Waals surface area contributed by atoms with E-state index in [9.17, 15) is 9.18 Å². The van der Waals surface area contributed by atoms with Crippen molar-refractivity contribution in [2.75, 3.05) is 23.0 Å². The maximum absolute atomic E-state index is 14.3. The van der Waals surface area contributed by atoms with Crippen molar-refractivity contribution in [1.29, 1.82) is 0 Å². The molecule has 1 unspecified atom stereocenters. The minimum absolute atomic E-state index is 0.150. The number of anilines is 1. The summed E-state index contributed by atoms with van der Waals surface area (Å²) in [6, 6.07) is 4.99. The zero-order chi connectivity index (χ0) is 14.1. The number of ether oxygens (including phenoxy) is 1. The molecule has 2 aliphatic heterocycles. The van der Waals surface area contributed by atoms with Gasteiger partial charge in [0.2, 0.25) is 0 Å². The predicted molar refractivity (Wildman–Crippen MR) is 79.6 cm³/mol. The number of nitrogens with zero attached hydrogens (tertiary/aromatic N) is 1. The average molecular weight is 293 g/mol. The van der Waals surface area contributed by atoms with Crippen LogP contribution in [-0.4, -0.2) is 30.2 Å². The summed E-state index contributed by atoms with van der Waals surface area (Å²) < 4.78 is 19.4. The van der Waals surface area contributed by atoms with Gasteiger partial charge in [0.05, 0.1) is 12.2 Å². The molecular weight excluding hydrogens is 277 g/mol. The van der Waals surface area contributed by atoms with Gasteiger partial charge in [-0.1, -0.05) is 6.08 Å². The first-order valence-corrected chi connectivity index (χ1v) is 7.85.